The van der Waals surface area contributed by atoms with Crippen LogP contribution in [0.3, 0.4) is 0 Å². The molecule has 0 aliphatic carbocycles. The molecule has 1 atom stereocenters. The van der Waals surface area contributed by atoms with Crippen LogP contribution in [0.5, 0.6) is 0 Å². The molecule has 0 N–H and O–H groups in total. The highest BCUT2D eigenvalue weighted by atomic mass is 15.4. The van der Waals surface area contributed by atoms with Crippen molar-refractivity contribution < 1.29 is 0 Å². The molecule has 31 heavy (non-hydrogen) atoms. The SMILES string of the molecule is CCCCCCCCCCCCCCC1N(CCC)C=CN1CCCCCCCCC. The molecule has 1 heterocycles. The van der Waals surface area contributed by atoms with Crippen molar-refractivity contribution in [3.05, 3.63) is 12.4 Å². The lowest BCUT2D eigenvalue weighted by atomic mass is 10.0. The van der Waals surface area contributed by atoms with Crippen molar-refractivity contribution in [2.24, 2.45) is 0 Å². The maximum atomic E-state index is 2.65. The molecule has 1 rings (SSSR count). The molecule has 0 spiro atoms. The monoisotopic (exact) mass is 434 g/mol. The van der Waals surface area contributed by atoms with Crippen LogP contribution in [0.1, 0.15) is 156 Å². The van der Waals surface area contributed by atoms with Crippen LogP contribution in [-0.2, 0) is 0 Å². The van der Waals surface area contributed by atoms with Crippen molar-refractivity contribution in [3.63, 3.8) is 0 Å². The Bertz CT molecular complexity index is 392. The summed E-state index contributed by atoms with van der Waals surface area (Å²) < 4.78 is 0. The van der Waals surface area contributed by atoms with Gasteiger partial charge in [-0.25, -0.2) is 0 Å². The van der Waals surface area contributed by atoms with E-state index < -0.39 is 0 Å². The Morgan fingerprint density at radius 2 is 0.806 bits per heavy atom. The van der Waals surface area contributed by atoms with Crippen molar-refractivity contribution in [1.82, 2.24) is 9.80 Å². The molecule has 2 nitrogen and oxygen atoms in total. The molecule has 1 aliphatic rings. The van der Waals surface area contributed by atoms with Gasteiger partial charge in [0.2, 0.25) is 0 Å². The van der Waals surface area contributed by atoms with Gasteiger partial charge in [-0.2, -0.15) is 0 Å². The average Bonchev–Trinajstić information content (AvgIpc) is 3.15. The van der Waals surface area contributed by atoms with Crippen LogP contribution >= 0.6 is 0 Å². The molecular weight excluding hydrogens is 376 g/mol. The molecule has 184 valence electrons. The molecule has 0 aromatic rings. The Balaban J connectivity index is 2.08. The van der Waals surface area contributed by atoms with Crippen LogP contribution in [0.4, 0.5) is 0 Å². The van der Waals surface area contributed by atoms with E-state index in [4.69, 9.17) is 0 Å². The molecule has 0 bridgehead atoms. The second kappa shape index (κ2) is 21.2. The van der Waals surface area contributed by atoms with Crippen molar-refractivity contribution in [2.45, 2.75) is 162 Å². The van der Waals surface area contributed by atoms with E-state index in [9.17, 15) is 0 Å². The van der Waals surface area contributed by atoms with Crippen LogP contribution in [0, 0.1) is 0 Å². The third-order valence-electron chi connectivity index (χ3n) is 7.03. The third kappa shape index (κ3) is 14.9. The van der Waals surface area contributed by atoms with Gasteiger partial charge in [-0.15, -0.1) is 0 Å². The topological polar surface area (TPSA) is 6.48 Å². The molecular formula is C29H58N2. The number of rotatable bonds is 23. The summed E-state index contributed by atoms with van der Waals surface area (Å²) in [6.45, 7) is 9.39. The molecule has 0 aromatic carbocycles. The van der Waals surface area contributed by atoms with Crippen LogP contribution < -0.4 is 0 Å². The zero-order valence-electron chi connectivity index (χ0n) is 21.9. The van der Waals surface area contributed by atoms with Gasteiger partial charge < -0.3 is 9.80 Å². The molecule has 0 aromatic heterocycles. The second-order valence-corrected chi connectivity index (χ2v) is 10.1. The van der Waals surface area contributed by atoms with Crippen molar-refractivity contribution >= 4 is 0 Å². The first-order valence-corrected chi connectivity index (χ1v) is 14.5. The van der Waals surface area contributed by atoms with Gasteiger partial charge in [-0.1, -0.05) is 130 Å². The van der Waals surface area contributed by atoms with E-state index in [1.54, 1.807) is 0 Å². The van der Waals surface area contributed by atoms with E-state index in [0.29, 0.717) is 6.17 Å². The van der Waals surface area contributed by atoms with Gasteiger partial charge in [0.05, 0.1) is 0 Å². The first-order chi connectivity index (χ1) is 15.3. The summed E-state index contributed by atoms with van der Waals surface area (Å²) in [5, 5.41) is 0. The first kappa shape index (κ1) is 28.4. The molecule has 2 heteroatoms. The number of unbranched alkanes of at least 4 members (excludes halogenated alkanes) is 17. The number of hydrogen-bond acceptors (Lipinski definition) is 2. The maximum absolute atomic E-state index is 2.65. The summed E-state index contributed by atoms with van der Waals surface area (Å²) in [6, 6.07) is 0. The highest BCUT2D eigenvalue weighted by Crippen LogP contribution is 2.23. The molecule has 1 aliphatic heterocycles. The van der Waals surface area contributed by atoms with Gasteiger partial charge in [0.15, 0.2) is 0 Å². The van der Waals surface area contributed by atoms with E-state index in [2.05, 4.69) is 43.0 Å². The van der Waals surface area contributed by atoms with Crippen LogP contribution in [0.25, 0.3) is 0 Å². The fourth-order valence-corrected chi connectivity index (χ4v) is 5.02. The summed E-state index contributed by atoms with van der Waals surface area (Å²) in [5.74, 6) is 0. The van der Waals surface area contributed by atoms with Gasteiger partial charge in [-0.3, -0.25) is 0 Å². The lowest BCUT2D eigenvalue weighted by Crippen LogP contribution is -2.39. The van der Waals surface area contributed by atoms with E-state index in [0.717, 1.165) is 0 Å². The summed E-state index contributed by atoms with van der Waals surface area (Å²) in [7, 11) is 0. The molecule has 0 fully saturated rings. The molecule has 0 radical (unpaired) electrons. The zero-order chi connectivity index (χ0) is 22.4. The molecule has 0 amide bonds. The predicted octanol–water partition coefficient (Wildman–Crippen LogP) is 9.65. The summed E-state index contributed by atoms with van der Waals surface area (Å²) in [6.07, 6.45) is 35.2. The minimum atomic E-state index is 0.642. The van der Waals surface area contributed by atoms with E-state index >= 15 is 0 Å². The van der Waals surface area contributed by atoms with Crippen LogP contribution in [-0.4, -0.2) is 29.1 Å². The van der Waals surface area contributed by atoms with E-state index in [-0.39, 0.29) is 0 Å². The first-order valence-electron chi connectivity index (χ1n) is 14.5. The largest absolute Gasteiger partial charge is 0.356 e. The highest BCUT2D eigenvalue weighted by molar-refractivity contribution is 4.96. The van der Waals surface area contributed by atoms with E-state index in [1.165, 1.54) is 148 Å². The van der Waals surface area contributed by atoms with Crippen molar-refractivity contribution in [1.29, 1.82) is 0 Å². The summed E-state index contributed by atoms with van der Waals surface area (Å²) in [5.41, 5.74) is 0. The minimum absolute atomic E-state index is 0.642. The standard InChI is InChI=1S/C29H58N2/c1-4-7-9-11-13-14-15-16-17-18-20-22-24-29-30(25-6-3)27-28-31(29)26-23-21-19-12-10-8-5-2/h27-29H,4-26H2,1-3H3. The molecule has 0 saturated heterocycles. The van der Waals surface area contributed by atoms with Crippen LogP contribution in [0.15, 0.2) is 12.4 Å². The maximum Gasteiger partial charge on any atom is 0.101 e. The number of nitrogens with zero attached hydrogens (tertiary/aromatic N) is 2. The van der Waals surface area contributed by atoms with Crippen LogP contribution in [0.2, 0.25) is 0 Å². The second-order valence-electron chi connectivity index (χ2n) is 10.1. The van der Waals surface area contributed by atoms with Gasteiger partial charge >= 0.3 is 0 Å². The van der Waals surface area contributed by atoms with E-state index in [1.807, 2.05) is 0 Å². The van der Waals surface area contributed by atoms with Gasteiger partial charge in [0, 0.05) is 25.5 Å². The summed E-state index contributed by atoms with van der Waals surface area (Å²) >= 11 is 0. The Hall–Kier alpha value is -0.660. The molecule has 0 saturated carbocycles. The summed E-state index contributed by atoms with van der Waals surface area (Å²) in [4.78, 5) is 5.26. The lowest BCUT2D eigenvalue weighted by molar-refractivity contribution is 0.137. The normalized spacial score (nSPS) is 16.0. The zero-order valence-corrected chi connectivity index (χ0v) is 21.9. The van der Waals surface area contributed by atoms with Gasteiger partial charge in [-0.05, 0) is 25.7 Å². The molecule has 1 unspecified atom stereocenters. The smallest absolute Gasteiger partial charge is 0.101 e. The lowest BCUT2D eigenvalue weighted by Gasteiger charge is -2.33. The Labute approximate surface area is 197 Å². The van der Waals surface area contributed by atoms with Gasteiger partial charge in [0.1, 0.15) is 6.17 Å². The van der Waals surface area contributed by atoms with Crippen molar-refractivity contribution in [2.75, 3.05) is 13.1 Å². The van der Waals surface area contributed by atoms with Gasteiger partial charge in [0.25, 0.3) is 0 Å². The third-order valence-corrected chi connectivity index (χ3v) is 7.03. The highest BCUT2D eigenvalue weighted by Gasteiger charge is 2.24. The minimum Gasteiger partial charge on any atom is -0.356 e. The Morgan fingerprint density at radius 1 is 0.419 bits per heavy atom. The predicted molar refractivity (Wildman–Crippen MR) is 140 cm³/mol. The average molecular weight is 435 g/mol. The fourth-order valence-electron chi connectivity index (χ4n) is 5.02. The Morgan fingerprint density at radius 3 is 1.26 bits per heavy atom. The quantitative estimate of drug-likeness (QED) is 0.148. The fraction of sp³-hybridized carbons (Fsp3) is 0.931. The van der Waals surface area contributed by atoms with Crippen molar-refractivity contribution in [3.8, 4) is 0 Å². The Kier molecular flexibility index (Phi) is 19.4. The number of hydrogen-bond donors (Lipinski definition) is 0.